The molecule has 0 atom stereocenters. The minimum absolute atomic E-state index is 0.0135. The van der Waals surface area contributed by atoms with E-state index in [0.29, 0.717) is 30.8 Å². The number of methoxy groups -OCH3 is 2. The predicted molar refractivity (Wildman–Crippen MR) is 150 cm³/mol. The second-order valence-electron chi connectivity index (χ2n) is 9.34. The number of amides is 2. The Hall–Kier alpha value is -3.26. The fourth-order valence-electron chi connectivity index (χ4n) is 4.63. The summed E-state index contributed by atoms with van der Waals surface area (Å²) in [4.78, 5) is 30.2. The molecule has 1 aliphatic heterocycles. The molecule has 2 amide bonds. The van der Waals surface area contributed by atoms with Gasteiger partial charge in [0, 0.05) is 57.6 Å². The van der Waals surface area contributed by atoms with Crippen LogP contribution in [0.25, 0.3) is 0 Å². The van der Waals surface area contributed by atoms with E-state index in [1.165, 1.54) is 12.8 Å². The molecular formula is C29H42N4O4. The van der Waals surface area contributed by atoms with Gasteiger partial charge in [0.1, 0.15) is 5.75 Å². The lowest BCUT2D eigenvalue weighted by atomic mass is 10.1. The van der Waals surface area contributed by atoms with E-state index >= 15 is 0 Å². The first-order valence-corrected chi connectivity index (χ1v) is 13.4. The van der Waals surface area contributed by atoms with E-state index in [-0.39, 0.29) is 11.8 Å². The normalized spacial score (nSPS) is 13.4. The number of carbonyl (C=O) groups excluding carboxylic acids is 2. The van der Waals surface area contributed by atoms with E-state index in [1.807, 2.05) is 30.3 Å². The molecule has 0 saturated carbocycles. The zero-order chi connectivity index (χ0) is 26.5. The summed E-state index contributed by atoms with van der Waals surface area (Å²) in [5.41, 5.74) is 3.15. The quantitative estimate of drug-likeness (QED) is 0.359. The van der Waals surface area contributed by atoms with Gasteiger partial charge in [-0.25, -0.2) is 0 Å². The Morgan fingerprint density at radius 3 is 2.30 bits per heavy atom. The molecule has 1 fully saturated rings. The summed E-state index contributed by atoms with van der Waals surface area (Å²) >= 11 is 0. The van der Waals surface area contributed by atoms with Crippen molar-refractivity contribution in [2.45, 2.75) is 45.4 Å². The first kappa shape index (κ1) is 28.3. The molecular weight excluding hydrogens is 468 g/mol. The van der Waals surface area contributed by atoms with Crippen LogP contribution >= 0.6 is 0 Å². The number of carbonyl (C=O) groups is 2. The summed E-state index contributed by atoms with van der Waals surface area (Å²) in [6.07, 6.45) is 5.99. The fourth-order valence-corrected chi connectivity index (χ4v) is 4.63. The number of hydrogen-bond donors (Lipinski definition) is 2. The Morgan fingerprint density at radius 1 is 0.892 bits per heavy atom. The molecule has 0 radical (unpaired) electrons. The van der Waals surface area contributed by atoms with E-state index in [0.717, 1.165) is 62.6 Å². The van der Waals surface area contributed by atoms with Crippen LogP contribution in [0.1, 0.15) is 55.8 Å². The van der Waals surface area contributed by atoms with Crippen LogP contribution in [0.4, 0.5) is 17.1 Å². The van der Waals surface area contributed by atoms with Gasteiger partial charge in [-0.1, -0.05) is 44.7 Å². The number of nitrogens with one attached hydrogen (secondary N) is 2. The van der Waals surface area contributed by atoms with E-state index in [9.17, 15) is 9.59 Å². The van der Waals surface area contributed by atoms with Gasteiger partial charge in [-0.15, -0.1) is 0 Å². The van der Waals surface area contributed by atoms with Crippen molar-refractivity contribution >= 4 is 28.9 Å². The van der Waals surface area contributed by atoms with Gasteiger partial charge in [0.15, 0.2) is 0 Å². The number of nitrogens with zero attached hydrogens (tertiary/aromatic N) is 2. The second kappa shape index (κ2) is 15.1. The summed E-state index contributed by atoms with van der Waals surface area (Å²) in [5.74, 6) is 0.676. The Kier molecular flexibility index (Phi) is 11.6. The lowest BCUT2D eigenvalue weighted by Crippen LogP contribution is -2.47. The number of para-hydroxylation sites is 2. The summed E-state index contributed by atoms with van der Waals surface area (Å²) in [6.45, 7) is 6.18. The molecule has 1 heterocycles. The smallest absolute Gasteiger partial charge is 0.253 e. The van der Waals surface area contributed by atoms with Crippen LogP contribution in [0.3, 0.4) is 0 Å². The number of ether oxygens (including phenoxy) is 2. The summed E-state index contributed by atoms with van der Waals surface area (Å²) in [5, 5.41) is 5.92. The molecule has 0 spiro atoms. The van der Waals surface area contributed by atoms with Gasteiger partial charge < -0.3 is 29.9 Å². The van der Waals surface area contributed by atoms with Gasteiger partial charge in [-0.2, -0.15) is 0 Å². The van der Waals surface area contributed by atoms with Crippen LogP contribution in [0.15, 0.2) is 42.5 Å². The molecule has 0 aliphatic carbocycles. The number of unbranched alkanes of at least 4 members (excludes halogenated alkanes) is 4. The average molecular weight is 511 g/mol. The molecule has 8 heteroatoms. The lowest BCUT2D eigenvalue weighted by molar-refractivity contribution is -0.116. The van der Waals surface area contributed by atoms with Gasteiger partial charge in [0.2, 0.25) is 5.91 Å². The lowest BCUT2D eigenvalue weighted by Gasteiger charge is -2.38. The monoisotopic (exact) mass is 510 g/mol. The summed E-state index contributed by atoms with van der Waals surface area (Å²) in [7, 11) is 3.30. The standard InChI is InChI=1S/C29H42N4O4/c1-4-5-6-7-8-13-28(34)31-23-14-15-25(24(22-23)29(35)30-16-21-36-2)32-17-19-33(20-18-32)26-11-9-10-12-27(26)37-3/h9-12,14-15,22H,4-8,13,16-21H2,1-3H3,(H,30,35)(H,31,34). The predicted octanol–water partition coefficient (Wildman–Crippen LogP) is 4.70. The van der Waals surface area contributed by atoms with Gasteiger partial charge in [0.05, 0.1) is 25.0 Å². The Balaban J connectivity index is 1.69. The molecule has 202 valence electrons. The number of hydrogen-bond acceptors (Lipinski definition) is 6. The third-order valence-electron chi connectivity index (χ3n) is 6.67. The van der Waals surface area contributed by atoms with Crippen molar-refractivity contribution in [1.29, 1.82) is 0 Å². The molecule has 0 aromatic heterocycles. The molecule has 8 nitrogen and oxygen atoms in total. The van der Waals surface area contributed by atoms with Gasteiger partial charge in [-0.05, 0) is 36.8 Å². The molecule has 2 aromatic carbocycles. The largest absolute Gasteiger partial charge is 0.495 e. The van der Waals surface area contributed by atoms with E-state index in [1.54, 1.807) is 20.3 Å². The van der Waals surface area contributed by atoms with Crippen molar-refractivity contribution in [3.63, 3.8) is 0 Å². The summed E-state index contributed by atoms with van der Waals surface area (Å²) in [6, 6.07) is 13.7. The van der Waals surface area contributed by atoms with Gasteiger partial charge in [-0.3, -0.25) is 9.59 Å². The van der Waals surface area contributed by atoms with Crippen molar-refractivity contribution in [3.05, 3.63) is 48.0 Å². The number of piperazine rings is 1. The van der Waals surface area contributed by atoms with Crippen LogP contribution < -0.4 is 25.2 Å². The van der Waals surface area contributed by atoms with E-state index in [4.69, 9.17) is 9.47 Å². The fraction of sp³-hybridized carbons (Fsp3) is 0.517. The minimum atomic E-state index is -0.171. The average Bonchev–Trinajstić information content (AvgIpc) is 2.93. The first-order valence-electron chi connectivity index (χ1n) is 13.4. The van der Waals surface area contributed by atoms with Crippen LogP contribution in [-0.4, -0.2) is 65.4 Å². The molecule has 1 aliphatic rings. The van der Waals surface area contributed by atoms with Crippen molar-refractivity contribution in [3.8, 4) is 5.75 Å². The van der Waals surface area contributed by atoms with Gasteiger partial charge >= 0.3 is 0 Å². The molecule has 3 rings (SSSR count). The SMILES string of the molecule is CCCCCCCC(=O)Nc1ccc(N2CCN(c3ccccc3OC)CC2)c(C(=O)NCCOC)c1. The highest BCUT2D eigenvalue weighted by Gasteiger charge is 2.23. The van der Waals surface area contributed by atoms with Crippen molar-refractivity contribution in [1.82, 2.24) is 5.32 Å². The molecule has 37 heavy (non-hydrogen) atoms. The minimum Gasteiger partial charge on any atom is -0.495 e. The molecule has 0 unspecified atom stereocenters. The summed E-state index contributed by atoms with van der Waals surface area (Å²) < 4.78 is 10.6. The third-order valence-corrected chi connectivity index (χ3v) is 6.67. The number of benzene rings is 2. The van der Waals surface area contributed by atoms with Crippen molar-refractivity contribution in [2.24, 2.45) is 0 Å². The molecule has 1 saturated heterocycles. The maximum Gasteiger partial charge on any atom is 0.253 e. The third kappa shape index (κ3) is 8.39. The maximum atomic E-state index is 13.1. The van der Waals surface area contributed by atoms with Crippen LogP contribution in [0, 0.1) is 0 Å². The highest BCUT2D eigenvalue weighted by atomic mass is 16.5. The van der Waals surface area contributed by atoms with Crippen LogP contribution in [0.2, 0.25) is 0 Å². The first-order chi connectivity index (χ1) is 18.1. The van der Waals surface area contributed by atoms with E-state index in [2.05, 4.69) is 33.4 Å². The maximum absolute atomic E-state index is 13.1. The Bertz CT molecular complexity index is 1010. The number of rotatable bonds is 14. The van der Waals surface area contributed by atoms with Crippen molar-refractivity contribution in [2.75, 3.05) is 68.7 Å². The topological polar surface area (TPSA) is 83.1 Å². The second-order valence-corrected chi connectivity index (χ2v) is 9.34. The zero-order valence-corrected chi connectivity index (χ0v) is 22.6. The van der Waals surface area contributed by atoms with Crippen LogP contribution in [-0.2, 0) is 9.53 Å². The highest BCUT2D eigenvalue weighted by Crippen LogP contribution is 2.31. The number of anilines is 3. The zero-order valence-electron chi connectivity index (χ0n) is 22.6. The Labute approximate surface area is 221 Å². The van der Waals surface area contributed by atoms with Crippen molar-refractivity contribution < 1.29 is 19.1 Å². The van der Waals surface area contributed by atoms with E-state index < -0.39 is 0 Å². The molecule has 2 aromatic rings. The highest BCUT2D eigenvalue weighted by molar-refractivity contribution is 6.02. The Morgan fingerprint density at radius 2 is 1.59 bits per heavy atom. The molecule has 0 bridgehead atoms. The molecule has 2 N–H and O–H groups in total. The van der Waals surface area contributed by atoms with Crippen LogP contribution in [0.5, 0.6) is 5.75 Å². The van der Waals surface area contributed by atoms with Gasteiger partial charge in [0.25, 0.3) is 5.91 Å².